The van der Waals surface area contributed by atoms with E-state index in [9.17, 15) is 0 Å². The number of aromatic nitrogens is 4. The van der Waals surface area contributed by atoms with Crippen LogP contribution < -0.4 is 10.5 Å². The highest BCUT2D eigenvalue weighted by atomic mass is 16.5. The summed E-state index contributed by atoms with van der Waals surface area (Å²) in [5, 5.41) is 11.9. The largest absolute Gasteiger partial charge is 0.493 e. The first-order valence-electron chi connectivity index (χ1n) is 6.36. The minimum atomic E-state index is 0.308. The van der Waals surface area contributed by atoms with Gasteiger partial charge in [0.25, 0.3) is 0 Å². The van der Waals surface area contributed by atoms with Gasteiger partial charge < -0.3 is 10.5 Å². The van der Waals surface area contributed by atoms with Crippen molar-refractivity contribution in [3.05, 3.63) is 35.7 Å². The van der Waals surface area contributed by atoms with Gasteiger partial charge in [-0.1, -0.05) is 26.0 Å². The molecule has 0 amide bonds. The van der Waals surface area contributed by atoms with Gasteiger partial charge in [-0.05, 0) is 28.8 Å². The molecule has 0 radical (unpaired) electrons. The van der Waals surface area contributed by atoms with E-state index < -0.39 is 0 Å². The van der Waals surface area contributed by atoms with E-state index in [0.717, 1.165) is 17.9 Å². The summed E-state index contributed by atoms with van der Waals surface area (Å²) in [6.07, 6.45) is 0. The molecular weight excluding hydrogens is 242 g/mol. The third-order valence-electron chi connectivity index (χ3n) is 2.51. The van der Waals surface area contributed by atoms with Gasteiger partial charge >= 0.3 is 0 Å². The maximum Gasteiger partial charge on any atom is 0.188 e. The molecule has 0 spiro atoms. The molecule has 0 aliphatic carbocycles. The van der Waals surface area contributed by atoms with E-state index in [1.165, 1.54) is 4.80 Å². The summed E-state index contributed by atoms with van der Waals surface area (Å²) in [5.41, 5.74) is 6.53. The standard InChI is InChI=1S/C13H19N5O/c1-10(2)9-19-12-5-3-11(4-6-12)8-18-16-13(7-14)15-17-18/h3-6,10H,7-9,14H2,1-2H3. The zero-order valence-electron chi connectivity index (χ0n) is 11.3. The molecule has 2 rings (SSSR count). The lowest BCUT2D eigenvalue weighted by molar-refractivity contribution is 0.271. The number of benzene rings is 1. The summed E-state index contributed by atoms with van der Waals surface area (Å²) in [7, 11) is 0. The quantitative estimate of drug-likeness (QED) is 0.845. The highest BCUT2D eigenvalue weighted by molar-refractivity contribution is 5.27. The van der Waals surface area contributed by atoms with Crippen molar-refractivity contribution in [1.29, 1.82) is 0 Å². The molecule has 0 saturated carbocycles. The number of rotatable bonds is 6. The fourth-order valence-corrected chi connectivity index (χ4v) is 1.54. The van der Waals surface area contributed by atoms with Crippen LogP contribution in [0.2, 0.25) is 0 Å². The maximum absolute atomic E-state index is 5.63. The van der Waals surface area contributed by atoms with Crippen molar-refractivity contribution in [1.82, 2.24) is 20.2 Å². The minimum Gasteiger partial charge on any atom is -0.493 e. The van der Waals surface area contributed by atoms with Gasteiger partial charge in [0.15, 0.2) is 5.82 Å². The normalized spacial score (nSPS) is 10.9. The number of tetrazole rings is 1. The number of ether oxygens (including phenoxy) is 1. The molecule has 0 bridgehead atoms. The molecule has 6 heteroatoms. The second-order valence-electron chi connectivity index (χ2n) is 4.79. The second-order valence-corrected chi connectivity index (χ2v) is 4.79. The summed E-state index contributed by atoms with van der Waals surface area (Å²) < 4.78 is 5.63. The van der Waals surface area contributed by atoms with Gasteiger partial charge in [0.2, 0.25) is 0 Å². The Labute approximate surface area is 112 Å². The number of hydrogen-bond acceptors (Lipinski definition) is 5. The van der Waals surface area contributed by atoms with E-state index in [0.29, 0.717) is 24.8 Å². The molecule has 0 saturated heterocycles. The fourth-order valence-electron chi connectivity index (χ4n) is 1.54. The lowest BCUT2D eigenvalue weighted by Gasteiger charge is -2.09. The molecule has 0 aliphatic heterocycles. The Bertz CT molecular complexity index is 506. The highest BCUT2D eigenvalue weighted by Gasteiger charge is 2.02. The lowest BCUT2D eigenvalue weighted by atomic mass is 10.2. The van der Waals surface area contributed by atoms with Crippen molar-refractivity contribution >= 4 is 0 Å². The molecular formula is C13H19N5O. The lowest BCUT2D eigenvalue weighted by Crippen LogP contribution is -2.06. The van der Waals surface area contributed by atoms with Crippen LogP contribution in [-0.4, -0.2) is 26.8 Å². The zero-order valence-corrected chi connectivity index (χ0v) is 11.3. The topological polar surface area (TPSA) is 78.8 Å². The number of hydrogen-bond donors (Lipinski definition) is 1. The predicted molar refractivity (Wildman–Crippen MR) is 71.6 cm³/mol. The maximum atomic E-state index is 5.63. The number of nitrogens with two attached hydrogens (primary N) is 1. The third-order valence-corrected chi connectivity index (χ3v) is 2.51. The van der Waals surface area contributed by atoms with Gasteiger partial charge in [-0.25, -0.2) is 0 Å². The molecule has 0 aliphatic rings. The first kappa shape index (κ1) is 13.5. The van der Waals surface area contributed by atoms with Crippen LogP contribution in [0.4, 0.5) is 0 Å². The summed E-state index contributed by atoms with van der Waals surface area (Å²) >= 11 is 0. The minimum absolute atomic E-state index is 0.308. The van der Waals surface area contributed by atoms with Crippen molar-refractivity contribution in [2.75, 3.05) is 6.61 Å². The van der Waals surface area contributed by atoms with Crippen LogP contribution >= 0.6 is 0 Å². The van der Waals surface area contributed by atoms with E-state index in [1.807, 2.05) is 24.3 Å². The van der Waals surface area contributed by atoms with Crippen LogP contribution in [0.3, 0.4) is 0 Å². The van der Waals surface area contributed by atoms with Gasteiger partial charge in [0.05, 0.1) is 19.7 Å². The van der Waals surface area contributed by atoms with E-state index >= 15 is 0 Å². The third kappa shape index (κ3) is 4.03. The van der Waals surface area contributed by atoms with E-state index in [1.54, 1.807) is 0 Å². The Kier molecular flexibility index (Phi) is 4.46. The molecule has 2 N–H and O–H groups in total. The fraction of sp³-hybridized carbons (Fsp3) is 0.462. The van der Waals surface area contributed by atoms with Crippen LogP contribution in [0, 0.1) is 5.92 Å². The van der Waals surface area contributed by atoms with Crippen molar-refractivity contribution in [2.45, 2.75) is 26.9 Å². The van der Waals surface area contributed by atoms with Crippen LogP contribution in [0.5, 0.6) is 5.75 Å². The molecule has 0 unspecified atom stereocenters. The molecule has 19 heavy (non-hydrogen) atoms. The van der Waals surface area contributed by atoms with Crippen molar-refractivity contribution in [2.24, 2.45) is 11.7 Å². The second kappa shape index (κ2) is 6.29. The van der Waals surface area contributed by atoms with Gasteiger partial charge in [0, 0.05) is 0 Å². The van der Waals surface area contributed by atoms with Crippen LogP contribution in [0.25, 0.3) is 0 Å². The van der Waals surface area contributed by atoms with Crippen molar-refractivity contribution < 1.29 is 4.74 Å². The van der Waals surface area contributed by atoms with Crippen molar-refractivity contribution in [3.8, 4) is 5.75 Å². The first-order chi connectivity index (χ1) is 9.17. The monoisotopic (exact) mass is 261 g/mol. The average Bonchev–Trinajstić information content (AvgIpc) is 2.85. The Hall–Kier alpha value is -1.95. The first-order valence-corrected chi connectivity index (χ1v) is 6.36. The molecule has 0 atom stereocenters. The molecule has 102 valence electrons. The molecule has 1 aromatic carbocycles. The Morgan fingerprint density at radius 1 is 1.26 bits per heavy atom. The van der Waals surface area contributed by atoms with Gasteiger partial charge in [-0.15, -0.1) is 10.2 Å². The Morgan fingerprint density at radius 2 is 2.00 bits per heavy atom. The highest BCUT2D eigenvalue weighted by Crippen LogP contribution is 2.13. The predicted octanol–water partition coefficient (Wildman–Crippen LogP) is 1.21. The van der Waals surface area contributed by atoms with E-state index in [-0.39, 0.29) is 0 Å². The van der Waals surface area contributed by atoms with Gasteiger partial charge in [-0.3, -0.25) is 0 Å². The molecule has 1 aromatic heterocycles. The SMILES string of the molecule is CC(C)COc1ccc(Cn2nnc(CN)n2)cc1. The number of nitrogens with zero attached hydrogens (tertiary/aromatic N) is 4. The summed E-state index contributed by atoms with van der Waals surface area (Å²) in [4.78, 5) is 1.53. The van der Waals surface area contributed by atoms with Gasteiger partial charge in [-0.2, -0.15) is 4.80 Å². The van der Waals surface area contributed by atoms with Crippen molar-refractivity contribution in [3.63, 3.8) is 0 Å². The van der Waals surface area contributed by atoms with E-state index in [4.69, 9.17) is 10.5 Å². The summed E-state index contributed by atoms with van der Waals surface area (Å²) in [6, 6.07) is 7.92. The zero-order chi connectivity index (χ0) is 13.7. The molecule has 0 fully saturated rings. The Balaban J connectivity index is 1.94. The van der Waals surface area contributed by atoms with Gasteiger partial charge in [0.1, 0.15) is 5.75 Å². The van der Waals surface area contributed by atoms with E-state index in [2.05, 4.69) is 29.3 Å². The molecule has 2 aromatic rings. The Morgan fingerprint density at radius 3 is 2.58 bits per heavy atom. The average molecular weight is 261 g/mol. The van der Waals surface area contributed by atoms with Crippen LogP contribution in [0.1, 0.15) is 25.2 Å². The van der Waals surface area contributed by atoms with Crippen LogP contribution in [-0.2, 0) is 13.1 Å². The van der Waals surface area contributed by atoms with Crippen LogP contribution in [0.15, 0.2) is 24.3 Å². The molecule has 1 heterocycles. The summed E-state index contributed by atoms with van der Waals surface area (Å²) in [5.74, 6) is 1.96. The smallest absolute Gasteiger partial charge is 0.188 e. The molecule has 6 nitrogen and oxygen atoms in total. The summed E-state index contributed by atoms with van der Waals surface area (Å²) in [6.45, 7) is 5.86.